The number of anilines is 1. The van der Waals surface area contributed by atoms with E-state index in [0.717, 1.165) is 25.7 Å². The number of ether oxygens (including phenoxy) is 3. The molecule has 1 aromatic carbocycles. The van der Waals surface area contributed by atoms with E-state index < -0.39 is 18.4 Å². The Labute approximate surface area is 272 Å². The summed E-state index contributed by atoms with van der Waals surface area (Å²) in [5.41, 5.74) is 7.94. The molecule has 3 aromatic rings. The zero-order valence-corrected chi connectivity index (χ0v) is 26.4. The number of carbonyl (C=O) groups is 2. The van der Waals surface area contributed by atoms with Crippen LogP contribution in [0, 0.1) is 11.8 Å². The smallest absolute Gasteiger partial charge is 0.252 e. The monoisotopic (exact) mass is 656 g/mol. The van der Waals surface area contributed by atoms with Crippen LogP contribution in [0.4, 0.5) is 5.82 Å². The van der Waals surface area contributed by atoms with E-state index in [-0.39, 0.29) is 37.2 Å². The first-order chi connectivity index (χ1) is 22.4. The largest absolute Gasteiger partial charge is 0.394 e. The highest BCUT2D eigenvalue weighted by atomic mass is 35.5. The second-order valence-electron chi connectivity index (χ2n) is 10.7. The predicted molar refractivity (Wildman–Crippen MR) is 172 cm³/mol. The Morgan fingerprint density at radius 2 is 1.72 bits per heavy atom. The molecule has 1 aliphatic rings. The minimum absolute atomic E-state index is 0.0478. The second-order valence-corrected chi connectivity index (χ2v) is 11.0. The SMILES string of the molecule is Nc1ncnc2c1c(C#CCNC(=O)c1ccc(C(=O)NCCOCCOCCCCCCCl)cc1)cn2[C@@H]1C[C@@H](O)[C@H](CO)O1. The Balaban J connectivity index is 1.19. The first-order valence-corrected chi connectivity index (χ1v) is 15.9. The molecule has 4 rings (SSSR count). The van der Waals surface area contributed by atoms with Gasteiger partial charge in [-0.15, -0.1) is 11.6 Å². The van der Waals surface area contributed by atoms with Crippen molar-refractivity contribution in [2.24, 2.45) is 0 Å². The molecule has 1 fully saturated rings. The number of rotatable bonds is 17. The van der Waals surface area contributed by atoms with Crippen molar-refractivity contribution < 1.29 is 34.0 Å². The number of nitrogen functional groups attached to an aromatic ring is 1. The Morgan fingerprint density at radius 1 is 1.02 bits per heavy atom. The van der Waals surface area contributed by atoms with Gasteiger partial charge in [0.25, 0.3) is 11.8 Å². The molecule has 0 bridgehead atoms. The normalized spacial score (nSPS) is 17.5. The summed E-state index contributed by atoms with van der Waals surface area (Å²) < 4.78 is 18.5. The van der Waals surface area contributed by atoms with E-state index in [1.54, 1.807) is 35.0 Å². The predicted octanol–water partition coefficient (Wildman–Crippen LogP) is 2.00. The zero-order chi connectivity index (χ0) is 32.7. The molecule has 0 aliphatic carbocycles. The number of carbonyl (C=O) groups excluding carboxylic acids is 2. The Hall–Kier alpha value is -3.77. The van der Waals surface area contributed by atoms with Crippen LogP contribution in [0.25, 0.3) is 11.0 Å². The van der Waals surface area contributed by atoms with Crippen LogP contribution in [0.3, 0.4) is 0 Å². The number of aliphatic hydroxyl groups excluding tert-OH is 2. The molecule has 0 radical (unpaired) electrons. The van der Waals surface area contributed by atoms with Crippen LogP contribution in [0.1, 0.15) is 64.6 Å². The molecule has 1 saturated heterocycles. The van der Waals surface area contributed by atoms with Gasteiger partial charge in [0.2, 0.25) is 0 Å². The third kappa shape index (κ3) is 9.86. The fraction of sp³-hybridized carbons (Fsp3) is 0.500. The number of hydrogen-bond acceptors (Lipinski definition) is 10. The van der Waals surface area contributed by atoms with Crippen molar-refractivity contribution in [3.63, 3.8) is 0 Å². The number of amides is 2. The summed E-state index contributed by atoms with van der Waals surface area (Å²) in [5.74, 6) is 6.25. The highest BCUT2D eigenvalue weighted by Gasteiger charge is 2.35. The Bertz CT molecular complexity index is 1490. The molecule has 3 atom stereocenters. The van der Waals surface area contributed by atoms with E-state index in [1.807, 2.05) is 0 Å². The number of benzene rings is 1. The quantitative estimate of drug-likeness (QED) is 0.0818. The minimum Gasteiger partial charge on any atom is -0.394 e. The van der Waals surface area contributed by atoms with Gasteiger partial charge in [-0.1, -0.05) is 24.7 Å². The van der Waals surface area contributed by atoms with Crippen LogP contribution < -0.4 is 16.4 Å². The van der Waals surface area contributed by atoms with Gasteiger partial charge in [-0.2, -0.15) is 0 Å². The third-order valence-corrected chi connectivity index (χ3v) is 7.65. The van der Waals surface area contributed by atoms with Crippen LogP contribution >= 0.6 is 11.6 Å². The van der Waals surface area contributed by atoms with Crippen molar-refractivity contribution in [1.82, 2.24) is 25.2 Å². The van der Waals surface area contributed by atoms with Crippen molar-refractivity contribution in [2.45, 2.75) is 50.5 Å². The molecule has 0 unspecified atom stereocenters. The summed E-state index contributed by atoms with van der Waals surface area (Å²) in [6, 6.07) is 6.31. The summed E-state index contributed by atoms with van der Waals surface area (Å²) in [4.78, 5) is 33.5. The molecule has 46 heavy (non-hydrogen) atoms. The lowest BCUT2D eigenvalue weighted by Gasteiger charge is -2.14. The molecule has 0 spiro atoms. The number of nitrogens with two attached hydrogens (primary N) is 1. The Morgan fingerprint density at radius 3 is 2.41 bits per heavy atom. The molecule has 1 aliphatic heterocycles. The van der Waals surface area contributed by atoms with E-state index in [2.05, 4.69) is 32.4 Å². The summed E-state index contributed by atoms with van der Waals surface area (Å²) in [6.45, 7) is 2.15. The molecular formula is C32H41ClN6O7. The maximum atomic E-state index is 12.7. The number of fused-ring (bicyclic) bond motifs is 1. The fourth-order valence-corrected chi connectivity index (χ4v) is 5.11. The first kappa shape index (κ1) is 35.1. The van der Waals surface area contributed by atoms with Gasteiger partial charge in [-0.25, -0.2) is 9.97 Å². The highest BCUT2D eigenvalue weighted by molar-refractivity contribution is 6.17. The molecule has 0 saturated carbocycles. The standard InChI is InChI=1S/C32H41ClN6O7/c33-11-3-1-2-4-14-44-16-17-45-15-13-36-32(43)23-9-7-22(8-10-23)31(42)35-12-5-6-24-19-39(27-18-25(41)26(20-40)46-27)30-28(24)29(34)37-21-38-30/h7-10,19,21,25-27,40-41H,1-4,11-18,20H2,(H,35,42)(H,36,43)(H2,34,37,38)/t25-,26+,27+/m1/s1. The molecule has 2 aromatic heterocycles. The van der Waals surface area contributed by atoms with Crippen LogP contribution in [0.5, 0.6) is 0 Å². The van der Waals surface area contributed by atoms with Gasteiger partial charge in [-0.05, 0) is 37.1 Å². The summed E-state index contributed by atoms with van der Waals surface area (Å²) in [5, 5.41) is 25.7. The topological polar surface area (TPSA) is 183 Å². The lowest BCUT2D eigenvalue weighted by Crippen LogP contribution is -2.28. The van der Waals surface area contributed by atoms with Crippen LogP contribution in [-0.4, -0.2) is 101 Å². The number of hydrogen-bond donors (Lipinski definition) is 5. The van der Waals surface area contributed by atoms with E-state index in [9.17, 15) is 19.8 Å². The summed E-state index contributed by atoms with van der Waals surface area (Å²) >= 11 is 5.66. The van der Waals surface area contributed by atoms with E-state index in [1.165, 1.54) is 6.33 Å². The third-order valence-electron chi connectivity index (χ3n) is 7.38. The molecule has 6 N–H and O–H groups in total. The van der Waals surface area contributed by atoms with Gasteiger partial charge in [0.15, 0.2) is 0 Å². The number of alkyl halides is 1. The molecule has 13 nitrogen and oxygen atoms in total. The maximum absolute atomic E-state index is 12.7. The fourth-order valence-electron chi connectivity index (χ4n) is 4.92. The average Bonchev–Trinajstić information content (AvgIpc) is 3.63. The van der Waals surface area contributed by atoms with Gasteiger partial charge >= 0.3 is 0 Å². The van der Waals surface area contributed by atoms with Crippen LogP contribution in [-0.2, 0) is 14.2 Å². The van der Waals surface area contributed by atoms with Crippen molar-refractivity contribution in [2.75, 3.05) is 57.7 Å². The van der Waals surface area contributed by atoms with Crippen molar-refractivity contribution in [3.05, 3.63) is 53.5 Å². The summed E-state index contributed by atoms with van der Waals surface area (Å²) in [7, 11) is 0. The van der Waals surface area contributed by atoms with Gasteiger partial charge < -0.3 is 45.4 Å². The highest BCUT2D eigenvalue weighted by Crippen LogP contribution is 2.33. The van der Waals surface area contributed by atoms with Crippen LogP contribution in [0.15, 0.2) is 36.8 Å². The summed E-state index contributed by atoms with van der Waals surface area (Å²) in [6.07, 6.45) is 5.51. The zero-order valence-electron chi connectivity index (χ0n) is 25.6. The van der Waals surface area contributed by atoms with E-state index in [0.29, 0.717) is 66.6 Å². The van der Waals surface area contributed by atoms with Gasteiger partial charge in [-0.3, -0.25) is 9.59 Å². The van der Waals surface area contributed by atoms with Gasteiger partial charge in [0.1, 0.15) is 30.1 Å². The molecule has 14 heteroatoms. The number of aliphatic hydroxyl groups is 2. The van der Waals surface area contributed by atoms with Crippen molar-refractivity contribution in [1.29, 1.82) is 0 Å². The number of nitrogens with zero attached hydrogens (tertiary/aromatic N) is 3. The lowest BCUT2D eigenvalue weighted by molar-refractivity contribution is -0.0430. The minimum atomic E-state index is -0.818. The van der Waals surface area contributed by atoms with Crippen LogP contribution in [0.2, 0.25) is 0 Å². The van der Waals surface area contributed by atoms with E-state index in [4.69, 9.17) is 31.5 Å². The van der Waals surface area contributed by atoms with Crippen molar-refractivity contribution in [3.8, 4) is 11.8 Å². The van der Waals surface area contributed by atoms with E-state index >= 15 is 0 Å². The number of nitrogens with one attached hydrogen (secondary N) is 2. The number of unbranched alkanes of at least 4 members (excludes halogenated alkanes) is 3. The molecule has 2 amide bonds. The lowest BCUT2D eigenvalue weighted by atomic mass is 10.1. The number of aromatic nitrogens is 3. The van der Waals surface area contributed by atoms with Gasteiger partial charge in [0.05, 0.1) is 50.0 Å². The van der Waals surface area contributed by atoms with Gasteiger partial charge in [0, 0.05) is 42.8 Å². The van der Waals surface area contributed by atoms with Crippen molar-refractivity contribution >= 4 is 40.3 Å². The second kappa shape index (κ2) is 18.4. The molecular weight excluding hydrogens is 616 g/mol. The first-order valence-electron chi connectivity index (χ1n) is 15.3. The average molecular weight is 657 g/mol. The molecule has 248 valence electrons. The number of halogens is 1. The maximum Gasteiger partial charge on any atom is 0.252 e. The Kier molecular flexibility index (Phi) is 14.0. The molecule has 3 heterocycles.